The van der Waals surface area contributed by atoms with Crippen molar-refractivity contribution in [3.05, 3.63) is 11.9 Å². The SMILES string of the molecule is CCNc1ncnc(NC2CCCC2)c1C(C)C. The maximum Gasteiger partial charge on any atom is 0.135 e. The van der Waals surface area contributed by atoms with Crippen LogP contribution >= 0.6 is 0 Å². The summed E-state index contributed by atoms with van der Waals surface area (Å²) >= 11 is 0. The molecule has 0 bridgehead atoms. The second-order valence-corrected chi connectivity index (χ2v) is 5.30. The monoisotopic (exact) mass is 248 g/mol. The molecule has 0 saturated heterocycles. The molecule has 1 aromatic heterocycles. The molecule has 1 aliphatic carbocycles. The first-order chi connectivity index (χ1) is 8.72. The van der Waals surface area contributed by atoms with Crippen LogP contribution in [0.3, 0.4) is 0 Å². The molecule has 0 aliphatic heterocycles. The van der Waals surface area contributed by atoms with Gasteiger partial charge in [0.1, 0.15) is 18.0 Å². The summed E-state index contributed by atoms with van der Waals surface area (Å²) < 4.78 is 0. The highest BCUT2D eigenvalue weighted by molar-refractivity contribution is 5.59. The first-order valence-electron chi connectivity index (χ1n) is 7.07. The Kier molecular flexibility index (Phi) is 4.39. The molecule has 1 fully saturated rings. The third kappa shape index (κ3) is 2.92. The van der Waals surface area contributed by atoms with Gasteiger partial charge in [0.2, 0.25) is 0 Å². The molecule has 0 radical (unpaired) electrons. The van der Waals surface area contributed by atoms with E-state index in [-0.39, 0.29) is 0 Å². The fourth-order valence-electron chi connectivity index (χ4n) is 2.63. The highest BCUT2D eigenvalue weighted by atomic mass is 15.1. The molecule has 100 valence electrons. The normalized spacial score (nSPS) is 16.2. The number of hydrogen-bond acceptors (Lipinski definition) is 4. The largest absolute Gasteiger partial charge is 0.370 e. The lowest BCUT2D eigenvalue weighted by molar-refractivity contribution is 0.740. The molecule has 0 amide bonds. The van der Waals surface area contributed by atoms with E-state index in [4.69, 9.17) is 0 Å². The Morgan fingerprint density at radius 1 is 1.22 bits per heavy atom. The van der Waals surface area contributed by atoms with Crippen LogP contribution in [-0.4, -0.2) is 22.6 Å². The van der Waals surface area contributed by atoms with Gasteiger partial charge in [0, 0.05) is 18.2 Å². The molecule has 0 spiro atoms. The van der Waals surface area contributed by atoms with Crippen molar-refractivity contribution in [2.45, 2.75) is 58.4 Å². The molecule has 1 aliphatic rings. The van der Waals surface area contributed by atoms with Crippen molar-refractivity contribution in [2.24, 2.45) is 0 Å². The number of rotatable bonds is 5. The van der Waals surface area contributed by atoms with Crippen LogP contribution in [-0.2, 0) is 0 Å². The van der Waals surface area contributed by atoms with Crippen LogP contribution in [0.25, 0.3) is 0 Å². The van der Waals surface area contributed by atoms with Gasteiger partial charge in [0.15, 0.2) is 0 Å². The molecule has 4 nitrogen and oxygen atoms in total. The summed E-state index contributed by atoms with van der Waals surface area (Å²) in [6.07, 6.45) is 6.84. The maximum atomic E-state index is 4.44. The van der Waals surface area contributed by atoms with Gasteiger partial charge in [0.25, 0.3) is 0 Å². The lowest BCUT2D eigenvalue weighted by atomic mass is 10.0. The van der Waals surface area contributed by atoms with Gasteiger partial charge in [-0.2, -0.15) is 0 Å². The molecule has 1 aromatic rings. The van der Waals surface area contributed by atoms with Gasteiger partial charge in [-0.1, -0.05) is 26.7 Å². The van der Waals surface area contributed by atoms with Crippen LogP contribution < -0.4 is 10.6 Å². The summed E-state index contributed by atoms with van der Waals surface area (Å²) in [5.74, 6) is 2.41. The second-order valence-electron chi connectivity index (χ2n) is 5.30. The Balaban J connectivity index is 2.23. The molecule has 18 heavy (non-hydrogen) atoms. The van der Waals surface area contributed by atoms with E-state index in [0.29, 0.717) is 12.0 Å². The highest BCUT2D eigenvalue weighted by Crippen LogP contribution is 2.30. The van der Waals surface area contributed by atoms with Crippen molar-refractivity contribution in [3.63, 3.8) is 0 Å². The first-order valence-corrected chi connectivity index (χ1v) is 7.07. The van der Waals surface area contributed by atoms with Gasteiger partial charge < -0.3 is 10.6 Å². The molecular weight excluding hydrogens is 224 g/mol. The Labute approximate surface area is 110 Å². The molecule has 0 atom stereocenters. The summed E-state index contributed by atoms with van der Waals surface area (Å²) in [7, 11) is 0. The van der Waals surface area contributed by atoms with Crippen LogP contribution in [0.15, 0.2) is 6.33 Å². The second kappa shape index (κ2) is 6.03. The lowest BCUT2D eigenvalue weighted by Crippen LogP contribution is -2.18. The Morgan fingerprint density at radius 3 is 2.50 bits per heavy atom. The van der Waals surface area contributed by atoms with Gasteiger partial charge in [-0.25, -0.2) is 9.97 Å². The van der Waals surface area contributed by atoms with Gasteiger partial charge in [-0.3, -0.25) is 0 Å². The summed E-state index contributed by atoms with van der Waals surface area (Å²) in [5.41, 5.74) is 1.21. The van der Waals surface area contributed by atoms with Crippen LogP contribution in [0.1, 0.15) is 57.9 Å². The van der Waals surface area contributed by atoms with Crippen molar-refractivity contribution in [1.82, 2.24) is 9.97 Å². The van der Waals surface area contributed by atoms with E-state index in [0.717, 1.165) is 18.2 Å². The van der Waals surface area contributed by atoms with Crippen LogP contribution in [0, 0.1) is 0 Å². The van der Waals surface area contributed by atoms with Gasteiger partial charge >= 0.3 is 0 Å². The van der Waals surface area contributed by atoms with Crippen LogP contribution in [0.2, 0.25) is 0 Å². The maximum absolute atomic E-state index is 4.44. The summed E-state index contributed by atoms with van der Waals surface area (Å²) in [6, 6.07) is 0.590. The molecule has 0 aromatic carbocycles. The van der Waals surface area contributed by atoms with Gasteiger partial charge in [0.05, 0.1) is 0 Å². The smallest absolute Gasteiger partial charge is 0.135 e. The molecule has 1 heterocycles. The van der Waals surface area contributed by atoms with E-state index >= 15 is 0 Å². The predicted octanol–water partition coefficient (Wildman–Crippen LogP) is 3.39. The van der Waals surface area contributed by atoms with Crippen LogP contribution in [0.4, 0.5) is 11.6 Å². The minimum absolute atomic E-state index is 0.421. The minimum atomic E-state index is 0.421. The van der Waals surface area contributed by atoms with E-state index in [1.807, 2.05) is 0 Å². The first kappa shape index (κ1) is 13.1. The third-order valence-electron chi connectivity index (χ3n) is 3.50. The van der Waals surface area contributed by atoms with Crippen molar-refractivity contribution in [1.29, 1.82) is 0 Å². The number of aromatic nitrogens is 2. The summed E-state index contributed by atoms with van der Waals surface area (Å²) in [4.78, 5) is 8.81. The zero-order chi connectivity index (χ0) is 13.0. The topological polar surface area (TPSA) is 49.8 Å². The third-order valence-corrected chi connectivity index (χ3v) is 3.50. The average Bonchev–Trinajstić information content (AvgIpc) is 2.82. The average molecular weight is 248 g/mol. The van der Waals surface area contributed by atoms with E-state index < -0.39 is 0 Å². The molecule has 4 heteroatoms. The molecule has 2 rings (SSSR count). The van der Waals surface area contributed by atoms with Crippen molar-refractivity contribution in [3.8, 4) is 0 Å². The Hall–Kier alpha value is -1.32. The zero-order valence-corrected chi connectivity index (χ0v) is 11.7. The van der Waals surface area contributed by atoms with E-state index in [2.05, 4.69) is 41.4 Å². The molecule has 2 N–H and O–H groups in total. The zero-order valence-electron chi connectivity index (χ0n) is 11.7. The van der Waals surface area contributed by atoms with Crippen molar-refractivity contribution >= 4 is 11.6 Å². The highest BCUT2D eigenvalue weighted by Gasteiger charge is 2.19. The lowest BCUT2D eigenvalue weighted by Gasteiger charge is -2.20. The molecular formula is C14H24N4. The Bertz CT molecular complexity index is 383. The van der Waals surface area contributed by atoms with Crippen molar-refractivity contribution < 1.29 is 0 Å². The predicted molar refractivity (Wildman–Crippen MR) is 76.2 cm³/mol. The minimum Gasteiger partial charge on any atom is -0.370 e. The number of nitrogens with one attached hydrogen (secondary N) is 2. The van der Waals surface area contributed by atoms with Crippen LogP contribution in [0.5, 0.6) is 0 Å². The number of hydrogen-bond donors (Lipinski definition) is 2. The fourth-order valence-corrected chi connectivity index (χ4v) is 2.63. The van der Waals surface area contributed by atoms with E-state index in [1.165, 1.54) is 31.2 Å². The van der Waals surface area contributed by atoms with Gasteiger partial charge in [-0.15, -0.1) is 0 Å². The van der Waals surface area contributed by atoms with Crippen molar-refractivity contribution in [2.75, 3.05) is 17.2 Å². The van der Waals surface area contributed by atoms with Gasteiger partial charge in [-0.05, 0) is 25.7 Å². The van der Waals surface area contributed by atoms with E-state index in [9.17, 15) is 0 Å². The fraction of sp³-hybridized carbons (Fsp3) is 0.714. The number of nitrogens with zero attached hydrogens (tertiary/aromatic N) is 2. The van der Waals surface area contributed by atoms with E-state index in [1.54, 1.807) is 6.33 Å². The quantitative estimate of drug-likeness (QED) is 0.838. The number of anilines is 2. The Morgan fingerprint density at radius 2 is 1.89 bits per heavy atom. The summed E-state index contributed by atoms with van der Waals surface area (Å²) in [6.45, 7) is 7.37. The standard InChI is InChI=1S/C14H24N4/c1-4-15-13-12(10(2)3)14(17-9-16-13)18-11-7-5-6-8-11/h9-11H,4-8H2,1-3H3,(H2,15,16,17,18). The molecule has 1 saturated carbocycles. The summed E-state index contributed by atoms with van der Waals surface area (Å²) in [5, 5.41) is 6.93. The molecule has 0 unspecified atom stereocenters.